The zero-order valence-electron chi connectivity index (χ0n) is 11.9. The Kier molecular flexibility index (Phi) is 4.62. The van der Waals surface area contributed by atoms with E-state index < -0.39 is 11.9 Å². The summed E-state index contributed by atoms with van der Waals surface area (Å²) in [4.78, 5) is 4.20. The Morgan fingerprint density at radius 3 is 2.71 bits per heavy atom. The number of halogens is 3. The van der Waals surface area contributed by atoms with E-state index in [2.05, 4.69) is 15.4 Å². The lowest BCUT2D eigenvalue weighted by Gasteiger charge is -2.11. The molecule has 0 spiro atoms. The number of nitrogens with zero attached hydrogens (tertiary/aromatic N) is 3. The molecule has 114 valence electrons. The summed E-state index contributed by atoms with van der Waals surface area (Å²) in [6.45, 7) is 5.21. The van der Waals surface area contributed by atoms with Crippen LogP contribution in [0.25, 0.3) is 5.69 Å². The number of aryl methyl sites for hydroxylation is 1. The molecule has 4 nitrogen and oxygen atoms in total. The van der Waals surface area contributed by atoms with Gasteiger partial charge in [0.15, 0.2) is 5.69 Å². The Morgan fingerprint density at radius 1 is 1.33 bits per heavy atom. The van der Waals surface area contributed by atoms with Crippen LogP contribution in [0.15, 0.2) is 24.5 Å². The number of rotatable bonds is 5. The molecule has 2 aromatic rings. The van der Waals surface area contributed by atoms with Crippen LogP contribution in [-0.4, -0.2) is 21.3 Å². The van der Waals surface area contributed by atoms with Gasteiger partial charge < -0.3 is 5.32 Å². The summed E-state index contributed by atoms with van der Waals surface area (Å²) >= 11 is 0. The maximum Gasteiger partial charge on any atom is 0.435 e. The van der Waals surface area contributed by atoms with Crippen LogP contribution in [0.2, 0.25) is 0 Å². The number of aromatic nitrogens is 3. The van der Waals surface area contributed by atoms with Crippen molar-refractivity contribution >= 4 is 0 Å². The second-order valence-corrected chi connectivity index (χ2v) is 4.77. The van der Waals surface area contributed by atoms with Crippen molar-refractivity contribution in [1.29, 1.82) is 0 Å². The minimum absolute atomic E-state index is 0.539. The summed E-state index contributed by atoms with van der Waals surface area (Å²) < 4.78 is 39.2. The fraction of sp³-hybridized carbons (Fsp3) is 0.429. The maximum atomic E-state index is 12.6. The number of hydrogen-bond acceptors (Lipinski definition) is 3. The highest BCUT2D eigenvalue weighted by atomic mass is 19.4. The zero-order chi connectivity index (χ0) is 15.5. The molecule has 1 N–H and O–H groups in total. The first-order chi connectivity index (χ1) is 9.91. The van der Waals surface area contributed by atoms with E-state index in [9.17, 15) is 13.2 Å². The van der Waals surface area contributed by atoms with E-state index >= 15 is 0 Å². The Morgan fingerprint density at radius 2 is 2.10 bits per heavy atom. The van der Waals surface area contributed by atoms with Crippen molar-refractivity contribution in [3.8, 4) is 5.69 Å². The number of nitrogens with one attached hydrogen (secondary N) is 1. The summed E-state index contributed by atoms with van der Waals surface area (Å²) in [5, 5.41) is 6.83. The molecule has 0 atom stereocenters. The molecule has 0 aliphatic carbocycles. The Labute approximate surface area is 121 Å². The minimum Gasteiger partial charge on any atom is -0.313 e. The van der Waals surface area contributed by atoms with Gasteiger partial charge in [0.1, 0.15) is 0 Å². The van der Waals surface area contributed by atoms with E-state index in [0.717, 1.165) is 30.3 Å². The molecule has 0 saturated carbocycles. The Bertz CT molecular complexity index is 605. The van der Waals surface area contributed by atoms with Gasteiger partial charge in [0.2, 0.25) is 0 Å². The van der Waals surface area contributed by atoms with E-state index in [1.807, 2.05) is 6.92 Å². The first-order valence-corrected chi connectivity index (χ1v) is 6.71. The highest BCUT2D eigenvalue weighted by molar-refractivity contribution is 5.40. The molecule has 0 unspecified atom stereocenters. The lowest BCUT2D eigenvalue weighted by molar-refractivity contribution is -0.141. The van der Waals surface area contributed by atoms with Crippen molar-refractivity contribution in [1.82, 2.24) is 20.1 Å². The van der Waals surface area contributed by atoms with Gasteiger partial charge in [-0.2, -0.15) is 18.3 Å². The van der Waals surface area contributed by atoms with Crippen LogP contribution in [0.5, 0.6) is 0 Å². The van der Waals surface area contributed by atoms with Gasteiger partial charge in [0.05, 0.1) is 5.69 Å². The van der Waals surface area contributed by atoms with Crippen LogP contribution in [-0.2, 0) is 12.7 Å². The molecule has 2 heterocycles. The van der Waals surface area contributed by atoms with Crippen LogP contribution in [0.4, 0.5) is 13.2 Å². The van der Waals surface area contributed by atoms with Gasteiger partial charge in [-0.25, -0.2) is 4.68 Å². The van der Waals surface area contributed by atoms with Gasteiger partial charge in [-0.3, -0.25) is 4.98 Å². The lowest BCUT2D eigenvalue weighted by atomic mass is 10.2. The molecule has 0 aliphatic rings. The van der Waals surface area contributed by atoms with Crippen molar-refractivity contribution in [3.63, 3.8) is 0 Å². The predicted octanol–water partition coefficient (Wildman–Crippen LogP) is 3.09. The molecule has 21 heavy (non-hydrogen) atoms. The van der Waals surface area contributed by atoms with Gasteiger partial charge >= 0.3 is 6.18 Å². The second kappa shape index (κ2) is 6.26. The highest BCUT2D eigenvalue weighted by Gasteiger charge is 2.33. The molecule has 2 aromatic heterocycles. The van der Waals surface area contributed by atoms with E-state index in [-0.39, 0.29) is 0 Å². The first-order valence-electron chi connectivity index (χ1n) is 6.71. The minimum atomic E-state index is -4.44. The average molecular weight is 298 g/mol. The van der Waals surface area contributed by atoms with Gasteiger partial charge in [0, 0.05) is 30.2 Å². The Hall–Kier alpha value is -1.89. The third kappa shape index (κ3) is 3.81. The SMILES string of the molecule is CCCNCc1cnc(C)cc1-n1ccc(C(F)(F)F)n1. The van der Waals surface area contributed by atoms with Crippen molar-refractivity contribution in [2.24, 2.45) is 0 Å². The molecule has 0 amide bonds. The van der Waals surface area contributed by atoms with E-state index in [1.54, 1.807) is 19.2 Å². The normalized spacial score (nSPS) is 11.9. The van der Waals surface area contributed by atoms with Crippen LogP contribution in [0.3, 0.4) is 0 Å². The number of pyridine rings is 1. The van der Waals surface area contributed by atoms with E-state index in [4.69, 9.17) is 0 Å². The van der Waals surface area contributed by atoms with Crippen LogP contribution in [0, 0.1) is 6.92 Å². The monoisotopic (exact) mass is 298 g/mol. The van der Waals surface area contributed by atoms with Crippen molar-refractivity contribution in [2.45, 2.75) is 33.0 Å². The molecule has 0 bridgehead atoms. The maximum absolute atomic E-state index is 12.6. The summed E-state index contributed by atoms with van der Waals surface area (Å²) in [6, 6.07) is 2.70. The highest BCUT2D eigenvalue weighted by Crippen LogP contribution is 2.28. The summed E-state index contributed by atoms with van der Waals surface area (Å²) in [5.74, 6) is 0. The fourth-order valence-electron chi connectivity index (χ4n) is 1.93. The topological polar surface area (TPSA) is 42.7 Å². The van der Waals surface area contributed by atoms with Gasteiger partial charge in [-0.1, -0.05) is 6.92 Å². The molecule has 0 saturated heterocycles. The van der Waals surface area contributed by atoms with Crippen LogP contribution < -0.4 is 5.32 Å². The van der Waals surface area contributed by atoms with Crippen molar-refractivity contribution < 1.29 is 13.2 Å². The molecular formula is C14H17F3N4. The third-order valence-corrected chi connectivity index (χ3v) is 2.97. The van der Waals surface area contributed by atoms with E-state index in [1.165, 1.54) is 10.9 Å². The molecule has 0 radical (unpaired) electrons. The fourth-order valence-corrected chi connectivity index (χ4v) is 1.93. The molecular weight excluding hydrogens is 281 g/mol. The Balaban J connectivity index is 2.33. The molecule has 0 aliphatic heterocycles. The lowest BCUT2D eigenvalue weighted by Crippen LogP contribution is -2.16. The first kappa shape index (κ1) is 15.5. The summed E-state index contributed by atoms with van der Waals surface area (Å²) in [5.41, 5.74) is 1.25. The molecule has 2 rings (SSSR count). The van der Waals surface area contributed by atoms with Crippen molar-refractivity contribution in [3.05, 3.63) is 41.5 Å². The van der Waals surface area contributed by atoms with Crippen molar-refractivity contribution in [2.75, 3.05) is 6.54 Å². The standard InChI is InChI=1S/C14H17F3N4/c1-3-5-18-8-11-9-19-10(2)7-12(11)21-6-4-13(20-21)14(15,16)17/h4,6-7,9,18H,3,5,8H2,1-2H3. The van der Waals surface area contributed by atoms with Gasteiger partial charge in [0.25, 0.3) is 0 Å². The average Bonchev–Trinajstić information content (AvgIpc) is 2.90. The largest absolute Gasteiger partial charge is 0.435 e. The van der Waals surface area contributed by atoms with Crippen LogP contribution >= 0.6 is 0 Å². The van der Waals surface area contributed by atoms with E-state index in [0.29, 0.717) is 12.2 Å². The number of alkyl halides is 3. The second-order valence-electron chi connectivity index (χ2n) is 4.77. The quantitative estimate of drug-likeness (QED) is 0.863. The molecule has 7 heteroatoms. The number of hydrogen-bond donors (Lipinski definition) is 1. The van der Waals surface area contributed by atoms with Gasteiger partial charge in [-0.15, -0.1) is 0 Å². The molecule has 0 fully saturated rings. The predicted molar refractivity (Wildman–Crippen MR) is 73.1 cm³/mol. The summed E-state index contributed by atoms with van der Waals surface area (Å²) in [6.07, 6.45) is -0.467. The third-order valence-electron chi connectivity index (χ3n) is 2.97. The zero-order valence-corrected chi connectivity index (χ0v) is 11.9. The summed E-state index contributed by atoms with van der Waals surface area (Å²) in [7, 11) is 0. The molecule has 0 aromatic carbocycles. The van der Waals surface area contributed by atoms with Gasteiger partial charge in [-0.05, 0) is 32.0 Å². The smallest absolute Gasteiger partial charge is 0.313 e. The van der Waals surface area contributed by atoms with Crippen LogP contribution in [0.1, 0.15) is 30.3 Å².